The van der Waals surface area contributed by atoms with Gasteiger partial charge >= 0.3 is 0 Å². The molecule has 0 bridgehead atoms. The van der Waals surface area contributed by atoms with Crippen molar-refractivity contribution < 1.29 is 0 Å². The summed E-state index contributed by atoms with van der Waals surface area (Å²) in [6, 6.07) is 63.0. The molecule has 212 valence electrons. The minimum Gasteiger partial charge on any atom is -0.311 e. The van der Waals surface area contributed by atoms with Gasteiger partial charge in [-0.3, -0.25) is 0 Å². The van der Waals surface area contributed by atoms with Crippen LogP contribution in [0, 0.1) is 0 Å². The minimum atomic E-state index is 1.13. The number of hydrogen-bond donors (Lipinski definition) is 0. The second-order valence-corrected chi connectivity index (χ2v) is 11.5. The van der Waals surface area contributed by atoms with Crippen molar-refractivity contribution >= 4 is 55.9 Å². The van der Waals surface area contributed by atoms with E-state index in [-0.39, 0.29) is 0 Å². The van der Waals surface area contributed by atoms with Crippen molar-refractivity contribution in [2.75, 3.05) is 9.80 Å². The minimum absolute atomic E-state index is 1.13. The summed E-state index contributed by atoms with van der Waals surface area (Å²) >= 11 is 0. The van der Waals surface area contributed by atoms with E-state index in [2.05, 4.69) is 190 Å². The molecule has 0 aliphatic carbocycles. The topological polar surface area (TPSA) is 11.4 Å². The van der Waals surface area contributed by atoms with E-state index in [4.69, 9.17) is 0 Å². The van der Waals surface area contributed by atoms with E-state index >= 15 is 0 Å². The zero-order chi connectivity index (χ0) is 29.7. The number of aromatic nitrogens is 1. The monoisotopic (exact) mass is 575 g/mol. The third-order valence-electron chi connectivity index (χ3n) is 8.89. The van der Waals surface area contributed by atoms with Crippen molar-refractivity contribution in [2.45, 2.75) is 0 Å². The summed E-state index contributed by atoms with van der Waals surface area (Å²) in [6.45, 7) is 0. The SMILES string of the molecule is c1ccc(N(c2ccccc2)c2ccc(-c3ccc(N4c5ccccc5-n5c6ccccc6c6cccc4c65)cc3)cc2)cc1. The molecule has 0 atom stereocenters. The summed E-state index contributed by atoms with van der Waals surface area (Å²) in [5, 5.41) is 2.56. The lowest BCUT2D eigenvalue weighted by Crippen LogP contribution is -2.17. The third-order valence-corrected chi connectivity index (χ3v) is 8.89. The molecule has 0 saturated carbocycles. The van der Waals surface area contributed by atoms with Crippen LogP contribution in [-0.2, 0) is 0 Å². The number of nitrogens with zero attached hydrogens (tertiary/aromatic N) is 3. The Morgan fingerprint density at radius 2 is 0.867 bits per heavy atom. The first kappa shape index (κ1) is 25.4. The van der Waals surface area contributed by atoms with E-state index in [9.17, 15) is 0 Å². The molecular weight excluding hydrogens is 546 g/mol. The van der Waals surface area contributed by atoms with Crippen molar-refractivity contribution in [3.63, 3.8) is 0 Å². The van der Waals surface area contributed by atoms with Gasteiger partial charge in [0.1, 0.15) is 0 Å². The van der Waals surface area contributed by atoms with Crippen molar-refractivity contribution in [2.24, 2.45) is 0 Å². The van der Waals surface area contributed by atoms with Crippen molar-refractivity contribution in [3.8, 4) is 16.8 Å². The van der Waals surface area contributed by atoms with Crippen LogP contribution in [-0.4, -0.2) is 4.57 Å². The van der Waals surface area contributed by atoms with Gasteiger partial charge in [-0.2, -0.15) is 0 Å². The molecule has 3 heteroatoms. The molecule has 0 N–H and O–H groups in total. The smallest absolute Gasteiger partial charge is 0.0783 e. The van der Waals surface area contributed by atoms with Gasteiger partial charge in [0.25, 0.3) is 0 Å². The zero-order valence-corrected chi connectivity index (χ0v) is 24.6. The number of benzene rings is 7. The molecule has 8 aromatic rings. The van der Waals surface area contributed by atoms with Gasteiger partial charge in [-0.15, -0.1) is 0 Å². The highest BCUT2D eigenvalue weighted by Gasteiger charge is 2.28. The quantitative estimate of drug-likeness (QED) is 0.202. The van der Waals surface area contributed by atoms with Crippen LogP contribution in [0.15, 0.2) is 176 Å². The predicted octanol–water partition coefficient (Wildman–Crippen LogP) is 11.7. The average Bonchev–Trinajstić information content (AvgIpc) is 3.46. The van der Waals surface area contributed by atoms with Gasteiger partial charge in [0.05, 0.1) is 28.1 Å². The molecule has 9 rings (SSSR count). The molecule has 0 fully saturated rings. The zero-order valence-electron chi connectivity index (χ0n) is 24.6. The maximum atomic E-state index is 2.43. The highest BCUT2D eigenvalue weighted by molar-refractivity contribution is 6.16. The molecule has 45 heavy (non-hydrogen) atoms. The van der Waals surface area contributed by atoms with E-state index < -0.39 is 0 Å². The van der Waals surface area contributed by atoms with Gasteiger partial charge in [-0.25, -0.2) is 0 Å². The largest absolute Gasteiger partial charge is 0.311 e. The van der Waals surface area contributed by atoms with Crippen LogP contribution >= 0.6 is 0 Å². The second kappa shape index (κ2) is 10.3. The maximum absolute atomic E-state index is 2.43. The molecule has 2 heterocycles. The third kappa shape index (κ3) is 4.05. The maximum Gasteiger partial charge on any atom is 0.0783 e. The molecule has 0 radical (unpaired) electrons. The first-order valence-corrected chi connectivity index (χ1v) is 15.4. The normalized spacial score (nSPS) is 12.0. The van der Waals surface area contributed by atoms with Crippen LogP contribution in [0.3, 0.4) is 0 Å². The van der Waals surface area contributed by atoms with E-state index in [0.29, 0.717) is 0 Å². The lowest BCUT2D eigenvalue weighted by Gasteiger charge is -2.33. The van der Waals surface area contributed by atoms with E-state index in [1.807, 2.05) is 0 Å². The summed E-state index contributed by atoms with van der Waals surface area (Å²) in [7, 11) is 0. The molecule has 0 spiro atoms. The summed E-state index contributed by atoms with van der Waals surface area (Å²) in [4.78, 5) is 4.70. The molecule has 0 saturated heterocycles. The highest BCUT2D eigenvalue weighted by Crippen LogP contribution is 2.49. The molecular formula is C42H29N3. The van der Waals surface area contributed by atoms with Gasteiger partial charge in [0, 0.05) is 33.5 Å². The van der Waals surface area contributed by atoms with E-state index in [1.54, 1.807) is 0 Å². The first-order chi connectivity index (χ1) is 22.3. The van der Waals surface area contributed by atoms with Crippen LogP contribution < -0.4 is 9.80 Å². The van der Waals surface area contributed by atoms with Crippen molar-refractivity contribution in [1.29, 1.82) is 0 Å². The fraction of sp³-hybridized carbons (Fsp3) is 0. The Kier molecular flexibility index (Phi) is 5.82. The summed E-state index contributed by atoms with van der Waals surface area (Å²) in [5.74, 6) is 0. The number of anilines is 6. The van der Waals surface area contributed by atoms with Gasteiger partial charge in [-0.05, 0) is 83.9 Å². The van der Waals surface area contributed by atoms with Crippen molar-refractivity contribution in [1.82, 2.24) is 4.57 Å². The lowest BCUT2D eigenvalue weighted by molar-refractivity contribution is 1.11. The molecule has 1 aliphatic heterocycles. The Hall–Kier alpha value is -6.06. The van der Waals surface area contributed by atoms with Crippen LogP contribution in [0.4, 0.5) is 34.1 Å². The number of rotatable bonds is 5. The summed E-state index contributed by atoms with van der Waals surface area (Å²) in [5.41, 5.74) is 13.0. The fourth-order valence-corrected chi connectivity index (χ4v) is 6.89. The molecule has 1 aromatic heterocycles. The summed E-state index contributed by atoms with van der Waals surface area (Å²) in [6.07, 6.45) is 0. The standard InChI is InChI=1S/C42H29N3/c1-3-12-32(13-4-1)43(33-14-5-2-6-15-33)34-26-22-30(23-27-34)31-24-28-35(29-25-31)44-39-19-9-10-20-40(39)45-38-18-8-7-16-36(38)37-17-11-21-41(44)42(37)45/h1-29H. The molecule has 1 aliphatic rings. The van der Waals surface area contributed by atoms with Crippen molar-refractivity contribution in [3.05, 3.63) is 176 Å². The van der Waals surface area contributed by atoms with E-state index in [1.165, 1.54) is 50.0 Å². The Balaban J connectivity index is 1.10. The van der Waals surface area contributed by atoms with Gasteiger partial charge in [0.15, 0.2) is 0 Å². The lowest BCUT2D eigenvalue weighted by atomic mass is 10.0. The Labute approximate surface area is 262 Å². The van der Waals surface area contributed by atoms with Crippen LogP contribution in [0.5, 0.6) is 0 Å². The van der Waals surface area contributed by atoms with Gasteiger partial charge < -0.3 is 14.4 Å². The van der Waals surface area contributed by atoms with E-state index in [0.717, 1.165) is 22.7 Å². The highest BCUT2D eigenvalue weighted by atomic mass is 15.2. The van der Waals surface area contributed by atoms with Gasteiger partial charge in [-0.1, -0.05) is 103 Å². The molecule has 0 amide bonds. The molecule has 7 aromatic carbocycles. The number of para-hydroxylation sites is 6. The van der Waals surface area contributed by atoms with Crippen LogP contribution in [0.25, 0.3) is 38.6 Å². The van der Waals surface area contributed by atoms with Gasteiger partial charge in [0.2, 0.25) is 0 Å². The van der Waals surface area contributed by atoms with Crippen LogP contribution in [0.1, 0.15) is 0 Å². The average molecular weight is 576 g/mol. The Morgan fingerprint density at radius 3 is 1.56 bits per heavy atom. The second-order valence-electron chi connectivity index (χ2n) is 11.5. The Bertz CT molecular complexity index is 2260. The number of hydrogen-bond acceptors (Lipinski definition) is 2. The first-order valence-electron chi connectivity index (χ1n) is 15.4. The molecule has 0 unspecified atom stereocenters. The fourth-order valence-electron chi connectivity index (χ4n) is 6.89. The molecule has 3 nitrogen and oxygen atoms in total. The predicted molar refractivity (Wildman–Crippen MR) is 189 cm³/mol. The van der Waals surface area contributed by atoms with Crippen LogP contribution in [0.2, 0.25) is 0 Å². The summed E-state index contributed by atoms with van der Waals surface area (Å²) < 4.78 is 2.43. The Morgan fingerprint density at radius 1 is 0.356 bits per heavy atom. The number of fused-ring (bicyclic) bond motifs is 5.